The van der Waals surface area contributed by atoms with E-state index in [0.717, 1.165) is 38.0 Å². The van der Waals surface area contributed by atoms with Crippen molar-refractivity contribution in [2.45, 2.75) is 71.1 Å². The summed E-state index contributed by atoms with van der Waals surface area (Å²) >= 11 is 0. The van der Waals surface area contributed by atoms with Crippen molar-refractivity contribution in [3.63, 3.8) is 0 Å². The van der Waals surface area contributed by atoms with Crippen LogP contribution in [0.1, 0.15) is 71.1 Å². The zero-order chi connectivity index (χ0) is 17.0. The molecule has 0 aliphatic carbocycles. The molecule has 3 nitrogen and oxygen atoms in total. The molecule has 2 N–H and O–H groups in total. The van der Waals surface area contributed by atoms with Crippen molar-refractivity contribution < 1.29 is 14.9 Å². The Hall–Kier alpha value is -1.06. The quantitative estimate of drug-likeness (QED) is 0.504. The van der Waals surface area contributed by atoms with Crippen molar-refractivity contribution >= 4 is 0 Å². The number of hydrogen-bond donors (Lipinski definition) is 2. The fourth-order valence-corrected chi connectivity index (χ4v) is 2.17. The average Bonchev–Trinajstić information content (AvgIpc) is 2.60. The molecule has 0 heterocycles. The molecule has 0 bridgehead atoms. The number of unbranched alkanes of at least 4 members (excludes halogenated alkanes) is 8. The molecule has 134 valence electrons. The first kappa shape index (κ1) is 21.9. The number of hydrogen-bond acceptors (Lipinski definition) is 3. The predicted octanol–water partition coefficient (Wildman–Crippen LogP) is 4.96. The number of aliphatic hydroxyl groups excluding tert-OH is 2. The highest BCUT2D eigenvalue weighted by Gasteiger charge is 1.92. The van der Waals surface area contributed by atoms with Crippen LogP contribution in [0, 0.1) is 0 Å². The third kappa shape index (κ3) is 17.1. The molecule has 0 spiro atoms. The number of ether oxygens (including phenoxy) is 1. The van der Waals surface area contributed by atoms with Gasteiger partial charge in [0.2, 0.25) is 0 Å². The van der Waals surface area contributed by atoms with E-state index in [1.54, 1.807) is 0 Å². The summed E-state index contributed by atoms with van der Waals surface area (Å²) in [6, 6.07) is 10.1. The topological polar surface area (TPSA) is 49.7 Å². The zero-order valence-electron chi connectivity index (χ0n) is 14.9. The van der Waals surface area contributed by atoms with Crippen LogP contribution in [0.3, 0.4) is 0 Å². The van der Waals surface area contributed by atoms with E-state index in [1.807, 2.05) is 30.3 Å². The van der Waals surface area contributed by atoms with Gasteiger partial charge in [-0.25, -0.2) is 0 Å². The maximum atomic E-state index is 8.30. The lowest BCUT2D eigenvalue weighted by Crippen LogP contribution is -1.96. The Labute approximate surface area is 142 Å². The first-order valence-corrected chi connectivity index (χ1v) is 9.24. The molecule has 1 aromatic rings. The van der Waals surface area contributed by atoms with Crippen LogP contribution in [0.2, 0.25) is 0 Å². The van der Waals surface area contributed by atoms with Gasteiger partial charge >= 0.3 is 0 Å². The zero-order valence-corrected chi connectivity index (χ0v) is 14.9. The smallest absolute Gasteiger partial charge is 0.119 e. The van der Waals surface area contributed by atoms with Crippen molar-refractivity contribution in [2.24, 2.45) is 0 Å². The third-order valence-electron chi connectivity index (χ3n) is 3.58. The molecular weight excluding hydrogens is 288 g/mol. The maximum Gasteiger partial charge on any atom is 0.119 e. The summed E-state index contributed by atoms with van der Waals surface area (Å²) in [5.74, 6) is 0.992. The van der Waals surface area contributed by atoms with Crippen LogP contribution < -0.4 is 4.74 Å². The molecule has 0 saturated heterocycles. The van der Waals surface area contributed by atoms with Crippen LogP contribution in [-0.2, 0) is 0 Å². The minimum Gasteiger partial charge on any atom is -0.494 e. The molecular formula is C20H36O3. The molecule has 0 aliphatic rings. The highest BCUT2D eigenvalue weighted by Crippen LogP contribution is 2.10. The first-order valence-electron chi connectivity index (χ1n) is 9.24. The van der Waals surface area contributed by atoms with Crippen LogP contribution >= 0.6 is 0 Å². The van der Waals surface area contributed by atoms with E-state index < -0.39 is 0 Å². The minimum atomic E-state index is 0.283. The van der Waals surface area contributed by atoms with Gasteiger partial charge in [-0.15, -0.1) is 0 Å². The van der Waals surface area contributed by atoms with E-state index in [2.05, 4.69) is 6.92 Å². The highest BCUT2D eigenvalue weighted by molar-refractivity contribution is 5.20. The fourth-order valence-electron chi connectivity index (χ4n) is 2.17. The predicted molar refractivity (Wildman–Crippen MR) is 98.0 cm³/mol. The van der Waals surface area contributed by atoms with Crippen LogP contribution in [0.25, 0.3) is 0 Å². The van der Waals surface area contributed by atoms with Gasteiger partial charge in [0.15, 0.2) is 0 Å². The van der Waals surface area contributed by atoms with Crippen LogP contribution in [-0.4, -0.2) is 30.0 Å². The Kier molecular flexibility index (Phi) is 18.1. The molecule has 0 saturated carbocycles. The summed E-state index contributed by atoms with van der Waals surface area (Å²) in [4.78, 5) is 0. The maximum absolute atomic E-state index is 8.30. The van der Waals surface area contributed by atoms with Crippen molar-refractivity contribution in [1.29, 1.82) is 0 Å². The molecule has 0 unspecified atom stereocenters. The molecule has 1 rings (SSSR count). The lowest BCUT2D eigenvalue weighted by molar-refractivity contribution is 0.265. The van der Waals surface area contributed by atoms with Gasteiger partial charge < -0.3 is 14.9 Å². The second-order valence-corrected chi connectivity index (χ2v) is 5.79. The van der Waals surface area contributed by atoms with Crippen LogP contribution in [0.5, 0.6) is 5.75 Å². The molecule has 0 aromatic heterocycles. The van der Waals surface area contributed by atoms with E-state index in [4.69, 9.17) is 14.9 Å². The number of benzene rings is 1. The van der Waals surface area contributed by atoms with Crippen molar-refractivity contribution in [3.05, 3.63) is 30.3 Å². The highest BCUT2D eigenvalue weighted by atomic mass is 16.5. The number of rotatable bonds is 13. The molecule has 1 aromatic carbocycles. The van der Waals surface area contributed by atoms with Gasteiger partial charge in [0.05, 0.1) is 6.61 Å². The Morgan fingerprint density at radius 3 is 1.78 bits per heavy atom. The number of aliphatic hydroxyl groups is 2. The lowest BCUT2D eigenvalue weighted by atomic mass is 10.1. The van der Waals surface area contributed by atoms with E-state index >= 15 is 0 Å². The minimum absolute atomic E-state index is 0.283. The summed E-state index contributed by atoms with van der Waals surface area (Å²) in [6.45, 7) is 3.67. The molecule has 0 atom stereocenters. The van der Waals surface area contributed by atoms with Crippen molar-refractivity contribution in [3.8, 4) is 5.75 Å². The van der Waals surface area contributed by atoms with Crippen LogP contribution in [0.15, 0.2) is 30.3 Å². The fraction of sp³-hybridized carbons (Fsp3) is 0.700. The molecule has 0 fully saturated rings. The Bertz CT molecular complexity index is 308. The van der Waals surface area contributed by atoms with Gasteiger partial charge in [-0.3, -0.25) is 0 Å². The summed E-state index contributed by atoms with van der Waals surface area (Å²) in [7, 11) is 0. The second kappa shape index (κ2) is 19.0. The largest absolute Gasteiger partial charge is 0.494 e. The molecule has 3 heteroatoms. The van der Waals surface area contributed by atoms with Crippen LogP contribution in [0.4, 0.5) is 0 Å². The van der Waals surface area contributed by atoms with E-state index in [-0.39, 0.29) is 13.2 Å². The third-order valence-corrected chi connectivity index (χ3v) is 3.58. The van der Waals surface area contributed by atoms with Gasteiger partial charge in [0.25, 0.3) is 0 Å². The van der Waals surface area contributed by atoms with Gasteiger partial charge in [0, 0.05) is 13.2 Å². The van der Waals surface area contributed by atoms with E-state index in [0.29, 0.717) is 0 Å². The van der Waals surface area contributed by atoms with Gasteiger partial charge in [-0.1, -0.05) is 70.1 Å². The van der Waals surface area contributed by atoms with Gasteiger partial charge in [-0.2, -0.15) is 0 Å². The average molecular weight is 325 g/mol. The molecule has 0 aliphatic heterocycles. The summed E-state index contributed by atoms with van der Waals surface area (Å²) in [6.07, 6.45) is 11.7. The summed E-state index contributed by atoms with van der Waals surface area (Å²) < 4.78 is 5.61. The first-order chi connectivity index (χ1) is 11.3. The normalized spacial score (nSPS) is 10.0. The Balaban J connectivity index is 0.000000515. The summed E-state index contributed by atoms with van der Waals surface area (Å²) in [5, 5.41) is 16.6. The molecule has 23 heavy (non-hydrogen) atoms. The number of para-hydroxylation sites is 1. The second-order valence-electron chi connectivity index (χ2n) is 5.79. The SMILES string of the molecule is CCCCCCCCOc1ccccc1.OCCCCCCO. The monoisotopic (exact) mass is 324 g/mol. The standard InChI is InChI=1S/C14H22O.C6H14O2/c1-2-3-4-5-6-10-13-15-14-11-8-7-9-12-14;7-5-3-1-2-4-6-8/h7-9,11-12H,2-6,10,13H2,1H3;7-8H,1-6H2. The lowest BCUT2D eigenvalue weighted by Gasteiger charge is -2.05. The molecule has 0 amide bonds. The van der Waals surface area contributed by atoms with E-state index in [9.17, 15) is 0 Å². The summed E-state index contributed by atoms with van der Waals surface area (Å²) in [5.41, 5.74) is 0. The van der Waals surface area contributed by atoms with Crippen molar-refractivity contribution in [2.75, 3.05) is 19.8 Å². The Morgan fingerprint density at radius 1 is 0.696 bits per heavy atom. The van der Waals surface area contributed by atoms with Crippen molar-refractivity contribution in [1.82, 2.24) is 0 Å². The van der Waals surface area contributed by atoms with Gasteiger partial charge in [-0.05, 0) is 31.4 Å². The van der Waals surface area contributed by atoms with E-state index in [1.165, 1.54) is 38.5 Å². The van der Waals surface area contributed by atoms with Gasteiger partial charge in [0.1, 0.15) is 5.75 Å². The Morgan fingerprint density at radius 2 is 1.22 bits per heavy atom. The molecule has 0 radical (unpaired) electrons.